The van der Waals surface area contributed by atoms with Crippen LogP contribution in [-0.4, -0.2) is 24.2 Å². The van der Waals surface area contributed by atoms with Crippen molar-refractivity contribution in [2.24, 2.45) is 5.41 Å². The molecule has 0 spiro atoms. The van der Waals surface area contributed by atoms with Crippen molar-refractivity contribution in [1.82, 2.24) is 5.32 Å². The molecule has 1 rings (SSSR count). The first-order chi connectivity index (χ1) is 9.96. The number of aliphatic hydroxyl groups excluding tert-OH is 1. The SMILES string of the molecule is CCC(CC)(CO)CNC(=O)CC(C)c1ccc(Br)cc1. The molecular formula is C17H26BrNO2. The van der Waals surface area contributed by atoms with Crippen LogP contribution in [-0.2, 0) is 4.79 Å². The summed E-state index contributed by atoms with van der Waals surface area (Å²) in [5.41, 5.74) is 0.976. The molecular weight excluding hydrogens is 330 g/mol. The molecule has 21 heavy (non-hydrogen) atoms. The highest BCUT2D eigenvalue weighted by Gasteiger charge is 2.26. The fraction of sp³-hybridized carbons (Fsp3) is 0.588. The van der Waals surface area contributed by atoms with Crippen molar-refractivity contribution in [3.63, 3.8) is 0 Å². The molecule has 2 N–H and O–H groups in total. The highest BCUT2D eigenvalue weighted by molar-refractivity contribution is 9.10. The van der Waals surface area contributed by atoms with Gasteiger partial charge in [0.1, 0.15) is 0 Å². The van der Waals surface area contributed by atoms with E-state index in [1.54, 1.807) is 0 Å². The molecule has 0 aromatic heterocycles. The minimum Gasteiger partial charge on any atom is -0.396 e. The summed E-state index contributed by atoms with van der Waals surface area (Å²) in [5, 5.41) is 12.5. The van der Waals surface area contributed by atoms with Gasteiger partial charge in [-0.1, -0.05) is 48.8 Å². The van der Waals surface area contributed by atoms with Gasteiger partial charge < -0.3 is 10.4 Å². The van der Waals surface area contributed by atoms with E-state index in [0.29, 0.717) is 13.0 Å². The van der Waals surface area contributed by atoms with Gasteiger partial charge in [0, 0.05) is 22.9 Å². The molecule has 1 amide bonds. The zero-order valence-corrected chi connectivity index (χ0v) is 14.7. The van der Waals surface area contributed by atoms with Crippen molar-refractivity contribution < 1.29 is 9.90 Å². The molecule has 0 saturated carbocycles. The smallest absolute Gasteiger partial charge is 0.220 e. The van der Waals surface area contributed by atoms with E-state index in [-0.39, 0.29) is 23.8 Å². The fourth-order valence-electron chi connectivity index (χ4n) is 2.33. The van der Waals surface area contributed by atoms with E-state index in [1.165, 1.54) is 0 Å². The Bertz CT molecular complexity index is 432. The quantitative estimate of drug-likeness (QED) is 0.743. The van der Waals surface area contributed by atoms with Gasteiger partial charge in [-0.15, -0.1) is 0 Å². The molecule has 0 heterocycles. The maximum Gasteiger partial charge on any atom is 0.220 e. The number of hydrogen-bond acceptors (Lipinski definition) is 2. The van der Waals surface area contributed by atoms with E-state index in [4.69, 9.17) is 0 Å². The van der Waals surface area contributed by atoms with Gasteiger partial charge in [-0.3, -0.25) is 4.79 Å². The average Bonchev–Trinajstić information content (AvgIpc) is 2.50. The van der Waals surface area contributed by atoms with Gasteiger partial charge >= 0.3 is 0 Å². The van der Waals surface area contributed by atoms with Gasteiger partial charge in [0.15, 0.2) is 0 Å². The summed E-state index contributed by atoms with van der Waals surface area (Å²) in [7, 11) is 0. The molecule has 0 aliphatic carbocycles. The molecule has 0 aliphatic rings. The summed E-state index contributed by atoms with van der Waals surface area (Å²) in [6, 6.07) is 8.07. The van der Waals surface area contributed by atoms with Gasteiger partial charge in [0.25, 0.3) is 0 Å². The van der Waals surface area contributed by atoms with Gasteiger partial charge in [-0.25, -0.2) is 0 Å². The van der Waals surface area contributed by atoms with Gasteiger partial charge in [-0.05, 0) is 36.5 Å². The summed E-state index contributed by atoms with van der Waals surface area (Å²) in [4.78, 5) is 12.1. The predicted molar refractivity (Wildman–Crippen MR) is 90.3 cm³/mol. The zero-order valence-electron chi connectivity index (χ0n) is 13.2. The Kier molecular flexibility index (Phi) is 7.40. The summed E-state index contributed by atoms with van der Waals surface area (Å²) >= 11 is 3.41. The van der Waals surface area contributed by atoms with Crippen molar-refractivity contribution in [1.29, 1.82) is 0 Å². The van der Waals surface area contributed by atoms with Crippen LogP contribution in [0.5, 0.6) is 0 Å². The Balaban J connectivity index is 2.51. The largest absolute Gasteiger partial charge is 0.396 e. The van der Waals surface area contributed by atoms with Crippen molar-refractivity contribution in [2.75, 3.05) is 13.2 Å². The Labute approximate surface area is 136 Å². The molecule has 3 nitrogen and oxygen atoms in total. The van der Waals surface area contributed by atoms with E-state index >= 15 is 0 Å². The number of halogens is 1. The molecule has 1 atom stereocenters. The minimum absolute atomic E-state index is 0.0464. The lowest BCUT2D eigenvalue weighted by Crippen LogP contribution is -2.39. The van der Waals surface area contributed by atoms with Crippen molar-refractivity contribution in [3.05, 3.63) is 34.3 Å². The lowest BCUT2D eigenvalue weighted by atomic mass is 9.83. The van der Waals surface area contributed by atoms with E-state index in [9.17, 15) is 9.90 Å². The predicted octanol–water partition coefficient (Wildman–Crippen LogP) is 3.86. The van der Waals surface area contributed by atoms with Crippen LogP contribution in [0.2, 0.25) is 0 Å². The number of hydrogen-bond donors (Lipinski definition) is 2. The third-order valence-electron chi connectivity index (χ3n) is 4.43. The second-order valence-corrected chi connectivity index (χ2v) is 6.71. The molecule has 4 heteroatoms. The number of carbonyl (C=O) groups excluding carboxylic acids is 1. The summed E-state index contributed by atoms with van der Waals surface area (Å²) < 4.78 is 1.04. The molecule has 0 aliphatic heterocycles. The second-order valence-electron chi connectivity index (χ2n) is 5.80. The Hall–Kier alpha value is -0.870. The van der Waals surface area contributed by atoms with Crippen LogP contribution in [0.4, 0.5) is 0 Å². The van der Waals surface area contributed by atoms with Crippen LogP contribution in [0.15, 0.2) is 28.7 Å². The van der Waals surface area contributed by atoms with Crippen LogP contribution >= 0.6 is 15.9 Å². The molecule has 1 aromatic carbocycles. The van der Waals surface area contributed by atoms with Crippen molar-refractivity contribution in [3.8, 4) is 0 Å². The molecule has 0 fully saturated rings. The summed E-state index contributed by atoms with van der Waals surface area (Å²) in [5.74, 6) is 0.232. The van der Waals surface area contributed by atoms with E-state index in [1.807, 2.05) is 24.3 Å². The zero-order chi connectivity index (χ0) is 15.9. The first-order valence-corrected chi connectivity index (χ1v) is 8.38. The molecule has 0 saturated heterocycles. The Morgan fingerprint density at radius 2 is 1.86 bits per heavy atom. The minimum atomic E-state index is -0.184. The van der Waals surface area contributed by atoms with E-state index in [2.05, 4.69) is 42.0 Å². The lowest BCUT2D eigenvalue weighted by molar-refractivity contribution is -0.122. The number of aliphatic hydroxyl groups is 1. The monoisotopic (exact) mass is 355 g/mol. The van der Waals surface area contributed by atoms with Crippen LogP contribution < -0.4 is 5.32 Å². The highest BCUT2D eigenvalue weighted by atomic mass is 79.9. The Morgan fingerprint density at radius 1 is 1.29 bits per heavy atom. The fourth-order valence-corrected chi connectivity index (χ4v) is 2.59. The molecule has 0 bridgehead atoms. The van der Waals surface area contributed by atoms with Crippen LogP contribution in [0.25, 0.3) is 0 Å². The summed E-state index contributed by atoms with van der Waals surface area (Å²) in [6.07, 6.45) is 2.20. The number of benzene rings is 1. The number of amides is 1. The van der Waals surface area contributed by atoms with Crippen LogP contribution in [0.3, 0.4) is 0 Å². The normalized spacial score (nSPS) is 13.0. The van der Waals surface area contributed by atoms with Crippen molar-refractivity contribution >= 4 is 21.8 Å². The third-order valence-corrected chi connectivity index (χ3v) is 4.96. The number of rotatable bonds is 8. The molecule has 1 unspecified atom stereocenters. The number of carbonyl (C=O) groups is 1. The van der Waals surface area contributed by atoms with Crippen LogP contribution in [0.1, 0.15) is 51.5 Å². The second kappa shape index (κ2) is 8.54. The van der Waals surface area contributed by atoms with E-state index in [0.717, 1.165) is 22.9 Å². The highest BCUT2D eigenvalue weighted by Crippen LogP contribution is 2.25. The third kappa shape index (κ3) is 5.44. The van der Waals surface area contributed by atoms with Gasteiger partial charge in [-0.2, -0.15) is 0 Å². The standard InChI is InChI=1S/C17H26BrNO2/c1-4-17(5-2,12-20)11-19-16(21)10-13(3)14-6-8-15(18)9-7-14/h6-9,13,20H,4-5,10-12H2,1-3H3,(H,19,21). The lowest BCUT2D eigenvalue weighted by Gasteiger charge is -2.29. The first kappa shape index (κ1) is 18.2. The topological polar surface area (TPSA) is 49.3 Å². The first-order valence-electron chi connectivity index (χ1n) is 7.59. The van der Waals surface area contributed by atoms with Gasteiger partial charge in [0.05, 0.1) is 6.61 Å². The van der Waals surface area contributed by atoms with Crippen LogP contribution in [0, 0.1) is 5.41 Å². The maximum atomic E-state index is 12.1. The molecule has 0 radical (unpaired) electrons. The maximum absolute atomic E-state index is 12.1. The van der Waals surface area contributed by atoms with E-state index < -0.39 is 0 Å². The average molecular weight is 356 g/mol. The molecule has 118 valence electrons. The van der Waals surface area contributed by atoms with Crippen molar-refractivity contribution in [2.45, 2.75) is 46.0 Å². The number of nitrogens with one attached hydrogen (secondary N) is 1. The van der Waals surface area contributed by atoms with Gasteiger partial charge in [0.2, 0.25) is 5.91 Å². The summed E-state index contributed by atoms with van der Waals surface area (Å²) in [6.45, 7) is 6.82. The molecule has 1 aromatic rings. The Morgan fingerprint density at radius 3 is 2.33 bits per heavy atom.